The van der Waals surface area contributed by atoms with Gasteiger partial charge in [-0.1, -0.05) is 121 Å². The molecule has 2 aliphatic rings. The maximum Gasteiger partial charge on any atom is 0.0915 e. The highest BCUT2D eigenvalue weighted by Gasteiger charge is 2.54. The van der Waals surface area contributed by atoms with Crippen LogP contribution in [0.5, 0.6) is 0 Å². The predicted octanol–water partition coefficient (Wildman–Crippen LogP) is 13.0. The van der Waals surface area contributed by atoms with E-state index in [9.17, 15) is 0 Å². The molecule has 2 aliphatic carbocycles. The maximum atomic E-state index is 5.19. The van der Waals surface area contributed by atoms with Crippen LogP contribution >= 0.6 is 0 Å². The molecule has 0 aliphatic heterocycles. The van der Waals surface area contributed by atoms with E-state index in [1.165, 1.54) is 50.0 Å². The first-order valence-corrected chi connectivity index (χ1v) is 20.0. The number of benzene rings is 6. The number of hydrogen-bond acceptors (Lipinski definition) is 4. The smallest absolute Gasteiger partial charge is 0.0915 e. The van der Waals surface area contributed by atoms with Crippen molar-refractivity contribution in [1.29, 1.82) is 0 Å². The lowest BCUT2D eigenvalue weighted by Gasteiger charge is -2.30. The fraction of sp³-hybridized carbons (Fsp3) is 0.0185. The summed E-state index contributed by atoms with van der Waals surface area (Å²) in [4.78, 5) is 17.1. The van der Waals surface area contributed by atoms with Gasteiger partial charge in [-0.3, -0.25) is 9.97 Å². The van der Waals surface area contributed by atoms with Crippen molar-refractivity contribution in [2.24, 2.45) is 0 Å². The second-order valence-electron chi connectivity index (χ2n) is 15.2. The molecule has 6 aromatic carbocycles. The second kappa shape index (κ2) is 13.1. The van der Waals surface area contributed by atoms with Crippen LogP contribution in [-0.2, 0) is 5.41 Å². The molecule has 1 spiro atoms. The van der Waals surface area contributed by atoms with E-state index >= 15 is 0 Å². The van der Waals surface area contributed by atoms with Gasteiger partial charge in [-0.25, -0.2) is 4.98 Å². The minimum absolute atomic E-state index is 0.563. The van der Waals surface area contributed by atoms with E-state index in [-0.39, 0.29) is 0 Å². The van der Waals surface area contributed by atoms with Crippen LogP contribution in [-0.4, -0.2) is 19.5 Å². The molecule has 10 aromatic rings. The van der Waals surface area contributed by atoms with E-state index in [4.69, 9.17) is 15.0 Å². The molecule has 0 unspecified atom stereocenters. The highest BCUT2D eigenvalue weighted by Crippen LogP contribution is 2.65. The van der Waals surface area contributed by atoms with Crippen LogP contribution in [0.2, 0.25) is 0 Å². The Hall–Kier alpha value is -7.89. The highest BCUT2D eigenvalue weighted by atomic mass is 15.1. The summed E-state index contributed by atoms with van der Waals surface area (Å²) in [5.74, 6) is 0. The van der Waals surface area contributed by atoms with Gasteiger partial charge in [-0.15, -0.1) is 0 Å². The number of anilines is 3. The van der Waals surface area contributed by atoms with Crippen molar-refractivity contribution in [3.8, 4) is 50.8 Å². The number of rotatable bonds is 6. The van der Waals surface area contributed by atoms with Gasteiger partial charge in [-0.05, 0) is 107 Å². The molecule has 0 bridgehead atoms. The van der Waals surface area contributed by atoms with Crippen molar-refractivity contribution in [2.75, 3.05) is 4.90 Å². The third kappa shape index (κ3) is 4.88. The molecule has 0 saturated carbocycles. The van der Waals surface area contributed by atoms with Crippen LogP contribution in [0.1, 0.15) is 22.3 Å². The Morgan fingerprint density at radius 1 is 0.407 bits per heavy atom. The normalized spacial score (nSPS) is 12.9. The number of pyridine rings is 3. The van der Waals surface area contributed by atoms with E-state index in [0.29, 0.717) is 0 Å². The van der Waals surface area contributed by atoms with Gasteiger partial charge in [0.15, 0.2) is 0 Å². The molecule has 0 radical (unpaired) electrons. The lowest BCUT2D eigenvalue weighted by Crippen LogP contribution is -2.25. The van der Waals surface area contributed by atoms with Gasteiger partial charge >= 0.3 is 0 Å². The molecule has 5 heteroatoms. The minimum atomic E-state index is -0.563. The molecule has 0 saturated heterocycles. The molecule has 59 heavy (non-hydrogen) atoms. The van der Waals surface area contributed by atoms with Crippen LogP contribution in [0.25, 0.3) is 61.8 Å². The SMILES string of the molecule is c1ccc(N(c2ccccc2)c2ccc3c(c2)c2c(n3-c3cc(-c4ccccn4)nc(-c4ccccn4)c3)-c3ccccc3C23c2ccccc2-c2ccccc23)cc1. The van der Waals surface area contributed by atoms with Crippen molar-refractivity contribution < 1.29 is 0 Å². The van der Waals surface area contributed by atoms with Gasteiger partial charge in [0.25, 0.3) is 0 Å². The first-order valence-electron chi connectivity index (χ1n) is 20.0. The zero-order valence-corrected chi connectivity index (χ0v) is 31.9. The van der Waals surface area contributed by atoms with Gasteiger partial charge in [-0.2, -0.15) is 0 Å². The quantitative estimate of drug-likeness (QED) is 0.170. The summed E-state index contributed by atoms with van der Waals surface area (Å²) in [5.41, 5.74) is 18.1. The predicted molar refractivity (Wildman–Crippen MR) is 239 cm³/mol. The number of hydrogen-bond donors (Lipinski definition) is 0. The molecular formula is C54H35N5. The van der Waals surface area contributed by atoms with Crippen LogP contribution in [0.15, 0.2) is 213 Å². The Balaban J connectivity index is 1.24. The lowest BCUT2D eigenvalue weighted by molar-refractivity contribution is 0.801. The third-order valence-corrected chi connectivity index (χ3v) is 12.1. The summed E-state index contributed by atoms with van der Waals surface area (Å²) in [5, 5.41) is 1.19. The van der Waals surface area contributed by atoms with Crippen LogP contribution < -0.4 is 4.90 Å². The molecule has 4 aromatic heterocycles. The standard InChI is InChI=1S/C54H35N5/c1-3-17-36(18-4-1)58(37-19-5-2-6-20-37)38-29-30-51-43(33-38)52-53(59(51)39-34-49(47-27-13-15-31-55-47)57-50(35-39)48-28-14-16-32-56-48)42-23-9-12-26-46(42)54(52)44-24-10-7-21-40(44)41-22-8-11-25-45(41)54/h1-35H. The third-order valence-electron chi connectivity index (χ3n) is 12.1. The summed E-state index contributed by atoms with van der Waals surface area (Å²) in [6, 6.07) is 71.7. The van der Waals surface area contributed by atoms with E-state index < -0.39 is 5.41 Å². The molecule has 4 heterocycles. The van der Waals surface area contributed by atoms with Gasteiger partial charge in [0.1, 0.15) is 0 Å². The maximum absolute atomic E-state index is 5.19. The van der Waals surface area contributed by atoms with Gasteiger partial charge in [0, 0.05) is 46.0 Å². The van der Waals surface area contributed by atoms with E-state index in [2.05, 4.69) is 173 Å². The first kappa shape index (κ1) is 33.3. The molecule has 276 valence electrons. The average molecular weight is 754 g/mol. The topological polar surface area (TPSA) is 46.8 Å². The van der Waals surface area contributed by atoms with Crippen LogP contribution in [0, 0.1) is 0 Å². The molecule has 12 rings (SSSR count). The largest absolute Gasteiger partial charge is 0.310 e. The van der Waals surface area contributed by atoms with Gasteiger partial charge in [0.2, 0.25) is 0 Å². The Bertz CT molecular complexity index is 3070. The highest BCUT2D eigenvalue weighted by molar-refractivity contribution is 6.06. The minimum Gasteiger partial charge on any atom is -0.310 e. The number of fused-ring (bicyclic) bond motifs is 12. The molecule has 0 fully saturated rings. The molecular weight excluding hydrogens is 719 g/mol. The Labute approximate surface area is 342 Å². The Morgan fingerprint density at radius 2 is 0.898 bits per heavy atom. The van der Waals surface area contributed by atoms with E-state index in [1.54, 1.807) is 0 Å². The van der Waals surface area contributed by atoms with Gasteiger partial charge < -0.3 is 9.47 Å². The Morgan fingerprint density at radius 3 is 1.44 bits per heavy atom. The van der Waals surface area contributed by atoms with Crippen molar-refractivity contribution >= 4 is 28.0 Å². The van der Waals surface area contributed by atoms with Crippen molar-refractivity contribution in [3.05, 3.63) is 235 Å². The monoisotopic (exact) mass is 753 g/mol. The number of para-hydroxylation sites is 2. The molecule has 0 amide bonds. The van der Waals surface area contributed by atoms with Gasteiger partial charge in [0.05, 0.1) is 45.1 Å². The summed E-state index contributed by atoms with van der Waals surface area (Å²) >= 11 is 0. The average Bonchev–Trinajstić information content (AvgIpc) is 3.92. The van der Waals surface area contributed by atoms with Crippen molar-refractivity contribution in [2.45, 2.75) is 5.41 Å². The van der Waals surface area contributed by atoms with Crippen LogP contribution in [0.3, 0.4) is 0 Å². The summed E-state index contributed by atoms with van der Waals surface area (Å²) in [6.45, 7) is 0. The number of nitrogens with zero attached hydrogens (tertiary/aromatic N) is 5. The molecule has 0 N–H and O–H groups in total. The fourth-order valence-corrected chi connectivity index (χ4v) is 9.80. The number of aromatic nitrogens is 4. The molecule has 5 nitrogen and oxygen atoms in total. The summed E-state index contributed by atoms with van der Waals surface area (Å²) in [6.07, 6.45) is 3.66. The van der Waals surface area contributed by atoms with E-state index in [1.807, 2.05) is 48.8 Å². The lowest BCUT2D eigenvalue weighted by atomic mass is 9.70. The van der Waals surface area contributed by atoms with E-state index in [0.717, 1.165) is 51.0 Å². The molecule has 0 atom stereocenters. The second-order valence-corrected chi connectivity index (χ2v) is 15.2. The fourth-order valence-electron chi connectivity index (χ4n) is 9.80. The van der Waals surface area contributed by atoms with Crippen LogP contribution in [0.4, 0.5) is 17.1 Å². The zero-order valence-electron chi connectivity index (χ0n) is 31.9. The summed E-state index contributed by atoms with van der Waals surface area (Å²) < 4.78 is 2.47. The van der Waals surface area contributed by atoms with Crippen molar-refractivity contribution in [1.82, 2.24) is 19.5 Å². The Kier molecular flexibility index (Phi) is 7.38. The summed E-state index contributed by atoms with van der Waals surface area (Å²) in [7, 11) is 0. The zero-order chi connectivity index (χ0) is 38.9. The first-order chi connectivity index (χ1) is 29.3. The van der Waals surface area contributed by atoms with Crippen molar-refractivity contribution in [3.63, 3.8) is 0 Å².